The van der Waals surface area contributed by atoms with Crippen LogP contribution in [-0.4, -0.2) is 27.8 Å². The van der Waals surface area contributed by atoms with Crippen molar-refractivity contribution in [2.45, 2.75) is 31.2 Å². The summed E-state index contributed by atoms with van der Waals surface area (Å²) in [5, 5.41) is 11.6. The molecule has 134 valence electrons. The van der Waals surface area contributed by atoms with E-state index >= 15 is 0 Å². The van der Waals surface area contributed by atoms with E-state index in [-0.39, 0.29) is 24.4 Å². The average Bonchev–Trinajstić information content (AvgIpc) is 2.96. The van der Waals surface area contributed by atoms with Gasteiger partial charge in [-0.3, -0.25) is 9.69 Å². The molecule has 0 unspecified atom stereocenters. The van der Waals surface area contributed by atoms with Crippen LogP contribution in [0.3, 0.4) is 0 Å². The fourth-order valence-corrected chi connectivity index (χ4v) is 3.46. The third kappa shape index (κ3) is 2.90. The Hall–Kier alpha value is -2.71. The molecule has 1 fully saturated rings. The van der Waals surface area contributed by atoms with Gasteiger partial charge >= 0.3 is 6.09 Å². The minimum atomic E-state index is -1.46. The number of halogens is 3. The van der Waals surface area contributed by atoms with Gasteiger partial charge in [0, 0.05) is 30.2 Å². The van der Waals surface area contributed by atoms with Crippen LogP contribution in [0.2, 0.25) is 0 Å². The Bertz CT molecular complexity index is 879. The average molecular weight is 356 g/mol. The normalized spacial score (nSPS) is 23.7. The van der Waals surface area contributed by atoms with E-state index in [0.29, 0.717) is 24.3 Å². The number of rotatable bonds is 2. The molecular formula is C16H15F3N2O4. The topological polar surface area (TPSA) is 86.5 Å². The lowest BCUT2D eigenvalue weighted by molar-refractivity contribution is 0.0417. The summed E-state index contributed by atoms with van der Waals surface area (Å²) in [6.07, 6.45) is -0.920. The predicted octanol–water partition coefficient (Wildman–Crippen LogP) is 3.16. The van der Waals surface area contributed by atoms with Gasteiger partial charge in [0.2, 0.25) is 0 Å². The second-order valence-electron chi connectivity index (χ2n) is 6.26. The van der Waals surface area contributed by atoms with Gasteiger partial charge in [-0.2, -0.15) is 5.16 Å². The molecule has 0 spiro atoms. The van der Waals surface area contributed by atoms with Crippen LogP contribution in [0.25, 0.3) is 0 Å². The van der Waals surface area contributed by atoms with E-state index in [1.54, 1.807) is 0 Å². The van der Waals surface area contributed by atoms with Crippen molar-refractivity contribution in [2.24, 2.45) is 0 Å². The SMILES string of the molecule is C[C@]1(c2cc(F)c(F)cc2F)C[C@@H](c2cc(=O)[nH]o2)CCN1C(=O)O. The summed E-state index contributed by atoms with van der Waals surface area (Å²) in [5.74, 6) is -3.73. The molecule has 25 heavy (non-hydrogen) atoms. The lowest BCUT2D eigenvalue weighted by Gasteiger charge is -2.46. The van der Waals surface area contributed by atoms with Crippen molar-refractivity contribution in [2.75, 3.05) is 6.54 Å². The van der Waals surface area contributed by atoms with Crippen LogP contribution in [0, 0.1) is 17.5 Å². The first-order valence-corrected chi connectivity index (χ1v) is 7.56. The van der Waals surface area contributed by atoms with E-state index in [1.807, 2.05) is 0 Å². The molecule has 3 rings (SSSR count). The van der Waals surface area contributed by atoms with Gasteiger partial charge in [0.1, 0.15) is 11.6 Å². The number of hydrogen-bond donors (Lipinski definition) is 2. The van der Waals surface area contributed by atoms with Gasteiger partial charge in [-0.05, 0) is 25.8 Å². The van der Waals surface area contributed by atoms with Crippen molar-refractivity contribution in [3.63, 3.8) is 0 Å². The Morgan fingerprint density at radius 2 is 1.96 bits per heavy atom. The summed E-state index contributed by atoms with van der Waals surface area (Å²) < 4.78 is 46.3. The number of benzene rings is 1. The number of hydrogen-bond acceptors (Lipinski definition) is 3. The Morgan fingerprint density at radius 1 is 1.28 bits per heavy atom. The molecule has 0 bridgehead atoms. The van der Waals surface area contributed by atoms with Gasteiger partial charge in [0.05, 0.1) is 5.54 Å². The molecule has 0 aliphatic carbocycles. The van der Waals surface area contributed by atoms with E-state index in [9.17, 15) is 27.9 Å². The maximum absolute atomic E-state index is 14.3. The van der Waals surface area contributed by atoms with Crippen LogP contribution in [0.1, 0.15) is 37.0 Å². The van der Waals surface area contributed by atoms with Crippen LogP contribution in [-0.2, 0) is 5.54 Å². The van der Waals surface area contributed by atoms with Crippen LogP contribution in [0.4, 0.5) is 18.0 Å². The van der Waals surface area contributed by atoms with Gasteiger partial charge in [-0.25, -0.2) is 18.0 Å². The molecule has 1 aliphatic rings. The smallest absolute Gasteiger partial charge is 0.408 e. The number of H-pyrrole nitrogens is 1. The first-order valence-electron chi connectivity index (χ1n) is 7.56. The van der Waals surface area contributed by atoms with E-state index in [1.165, 1.54) is 13.0 Å². The molecule has 1 aromatic heterocycles. The van der Waals surface area contributed by atoms with Gasteiger partial charge in [-0.15, -0.1) is 0 Å². The van der Waals surface area contributed by atoms with Crippen LogP contribution in [0.5, 0.6) is 0 Å². The predicted molar refractivity (Wildman–Crippen MR) is 79.7 cm³/mol. The largest absolute Gasteiger partial charge is 0.465 e. The Kier molecular flexibility index (Phi) is 4.09. The van der Waals surface area contributed by atoms with Crippen LogP contribution < -0.4 is 5.56 Å². The van der Waals surface area contributed by atoms with E-state index in [2.05, 4.69) is 5.16 Å². The molecule has 2 atom stereocenters. The molecule has 0 saturated carbocycles. The van der Waals surface area contributed by atoms with Crippen molar-refractivity contribution in [3.8, 4) is 0 Å². The lowest BCUT2D eigenvalue weighted by Crippen LogP contribution is -2.52. The molecule has 9 heteroatoms. The summed E-state index contributed by atoms with van der Waals surface area (Å²) in [7, 11) is 0. The van der Waals surface area contributed by atoms with Crippen LogP contribution in [0.15, 0.2) is 27.5 Å². The molecule has 1 aliphatic heterocycles. The zero-order chi connectivity index (χ0) is 18.4. The summed E-state index contributed by atoms with van der Waals surface area (Å²) in [4.78, 5) is 23.9. The Balaban J connectivity index is 2.08. The number of carbonyl (C=O) groups is 1. The highest BCUT2D eigenvalue weighted by Gasteiger charge is 2.45. The van der Waals surface area contributed by atoms with Crippen molar-refractivity contribution in [3.05, 3.63) is 57.3 Å². The lowest BCUT2D eigenvalue weighted by atomic mass is 9.76. The first kappa shape index (κ1) is 17.1. The number of amides is 1. The number of aromatic nitrogens is 1. The number of carboxylic acid groups (broad SMARTS) is 1. The quantitative estimate of drug-likeness (QED) is 0.810. The zero-order valence-corrected chi connectivity index (χ0v) is 13.2. The number of nitrogens with zero attached hydrogens (tertiary/aromatic N) is 1. The Labute approximate surface area is 139 Å². The van der Waals surface area contributed by atoms with Crippen molar-refractivity contribution >= 4 is 6.09 Å². The summed E-state index contributed by atoms with van der Waals surface area (Å²) in [6.45, 7) is 1.46. The van der Waals surface area contributed by atoms with Gasteiger partial charge < -0.3 is 9.63 Å². The highest BCUT2D eigenvalue weighted by Crippen LogP contribution is 2.44. The number of aromatic amines is 1. The third-order valence-corrected chi connectivity index (χ3v) is 4.71. The van der Waals surface area contributed by atoms with E-state index in [4.69, 9.17) is 4.52 Å². The molecule has 0 radical (unpaired) electrons. The molecule has 2 N–H and O–H groups in total. The van der Waals surface area contributed by atoms with Crippen LogP contribution >= 0.6 is 0 Å². The first-order chi connectivity index (χ1) is 11.7. The fraction of sp³-hybridized carbons (Fsp3) is 0.375. The Morgan fingerprint density at radius 3 is 2.56 bits per heavy atom. The van der Waals surface area contributed by atoms with E-state index in [0.717, 1.165) is 4.90 Å². The van der Waals surface area contributed by atoms with Crippen molar-refractivity contribution in [1.82, 2.24) is 10.1 Å². The monoisotopic (exact) mass is 356 g/mol. The molecule has 2 aromatic rings. The van der Waals surface area contributed by atoms with Gasteiger partial charge in [0.25, 0.3) is 5.56 Å². The maximum Gasteiger partial charge on any atom is 0.408 e. The fourth-order valence-electron chi connectivity index (χ4n) is 3.46. The second kappa shape index (κ2) is 5.98. The highest BCUT2D eigenvalue weighted by atomic mass is 19.2. The van der Waals surface area contributed by atoms with Gasteiger partial charge in [-0.1, -0.05) is 0 Å². The minimum absolute atomic E-state index is 0.0177. The van der Waals surface area contributed by atoms with Gasteiger partial charge in [0.15, 0.2) is 11.6 Å². The second-order valence-corrected chi connectivity index (χ2v) is 6.26. The zero-order valence-electron chi connectivity index (χ0n) is 13.2. The molecule has 1 aromatic carbocycles. The third-order valence-electron chi connectivity index (χ3n) is 4.71. The molecule has 1 amide bonds. The number of piperidine rings is 1. The highest BCUT2D eigenvalue weighted by molar-refractivity contribution is 5.67. The standard InChI is InChI=1S/C16H15F3N2O4/c1-16(9-4-11(18)12(19)5-10(9)17)7-8(2-3-21(16)15(23)24)13-6-14(22)20-25-13/h4-6,8H,2-3,7H2,1H3,(H,20,22)(H,23,24)/t8-,16+/m0/s1. The number of nitrogens with one attached hydrogen (secondary N) is 1. The summed E-state index contributed by atoms with van der Waals surface area (Å²) >= 11 is 0. The molecule has 6 nitrogen and oxygen atoms in total. The van der Waals surface area contributed by atoms with Crippen molar-refractivity contribution in [1.29, 1.82) is 0 Å². The summed E-state index contributed by atoms with van der Waals surface area (Å²) in [5.41, 5.74) is -2.17. The maximum atomic E-state index is 14.3. The molecular weight excluding hydrogens is 341 g/mol. The minimum Gasteiger partial charge on any atom is -0.465 e. The number of likely N-dealkylation sites (tertiary alicyclic amines) is 1. The molecule has 2 heterocycles. The summed E-state index contributed by atoms with van der Waals surface area (Å²) in [6, 6.07) is 2.31. The van der Waals surface area contributed by atoms with E-state index < -0.39 is 34.6 Å². The van der Waals surface area contributed by atoms with Crippen molar-refractivity contribution < 1.29 is 27.6 Å². The molecule has 1 saturated heterocycles.